The van der Waals surface area contributed by atoms with Crippen LogP contribution < -0.4 is 5.32 Å². The Morgan fingerprint density at radius 3 is 2.55 bits per heavy atom. The molecule has 0 atom stereocenters. The summed E-state index contributed by atoms with van der Waals surface area (Å²) in [7, 11) is 0. The van der Waals surface area contributed by atoms with Crippen LogP contribution in [0.4, 0.5) is 4.39 Å². The molecule has 2 fully saturated rings. The second kappa shape index (κ2) is 8.65. The molecule has 1 aliphatic heterocycles. The normalized spacial score (nSPS) is 18.3. The molecule has 0 bridgehead atoms. The number of rotatable bonds is 4. The summed E-state index contributed by atoms with van der Waals surface area (Å²) in [5.74, 6) is 0.123. The van der Waals surface area contributed by atoms with Crippen LogP contribution in [0.15, 0.2) is 18.5 Å². The Balaban J connectivity index is 0.00000121. The van der Waals surface area contributed by atoms with Gasteiger partial charge >= 0.3 is 0 Å². The van der Waals surface area contributed by atoms with Crippen LogP contribution in [0, 0.1) is 11.7 Å². The molecule has 0 unspecified atom stereocenters. The summed E-state index contributed by atoms with van der Waals surface area (Å²) in [5.41, 5.74) is 0.129. The van der Waals surface area contributed by atoms with Crippen LogP contribution in [-0.2, 0) is 0 Å². The summed E-state index contributed by atoms with van der Waals surface area (Å²) in [6.45, 7) is 2.50. The van der Waals surface area contributed by atoms with Gasteiger partial charge in [0.05, 0.1) is 11.8 Å². The number of amides is 1. The number of carbonyl (C=O) groups is 1. The molecule has 1 saturated heterocycles. The zero-order valence-corrected chi connectivity index (χ0v) is 14.0. The smallest absolute Gasteiger partial charge is 0.256 e. The third kappa shape index (κ3) is 4.80. The molecule has 1 aliphatic carbocycles. The monoisotopic (exact) mass is 349 g/mol. The molecule has 1 amide bonds. The first kappa shape index (κ1) is 19.1. The average molecular weight is 350 g/mol. The number of pyridine rings is 1. The first-order valence-corrected chi connectivity index (χ1v) is 7.36. The van der Waals surface area contributed by atoms with Gasteiger partial charge in [0, 0.05) is 25.3 Å². The van der Waals surface area contributed by atoms with Crippen molar-refractivity contribution in [2.45, 2.75) is 31.7 Å². The maximum Gasteiger partial charge on any atom is 0.256 e. The minimum atomic E-state index is -0.536. The summed E-state index contributed by atoms with van der Waals surface area (Å²) in [6.07, 6.45) is 7.16. The van der Waals surface area contributed by atoms with Gasteiger partial charge < -0.3 is 10.2 Å². The molecule has 1 N–H and O–H groups in total. The summed E-state index contributed by atoms with van der Waals surface area (Å²) >= 11 is 0. The lowest BCUT2D eigenvalue weighted by Crippen LogP contribution is -2.45. The Bertz CT molecular complexity index is 491. The third-order valence-electron chi connectivity index (χ3n) is 4.18. The van der Waals surface area contributed by atoms with Gasteiger partial charge in [-0.05, 0) is 44.2 Å². The van der Waals surface area contributed by atoms with Crippen molar-refractivity contribution in [2.24, 2.45) is 5.92 Å². The van der Waals surface area contributed by atoms with Crippen LogP contribution in [0.1, 0.15) is 36.0 Å². The van der Waals surface area contributed by atoms with Crippen molar-refractivity contribution < 1.29 is 9.18 Å². The number of halogens is 3. The molecule has 22 heavy (non-hydrogen) atoms. The molecule has 0 aromatic carbocycles. The van der Waals surface area contributed by atoms with Gasteiger partial charge in [-0.25, -0.2) is 4.39 Å². The second-order valence-electron chi connectivity index (χ2n) is 5.77. The van der Waals surface area contributed by atoms with E-state index in [1.165, 1.54) is 25.1 Å². The fourth-order valence-corrected chi connectivity index (χ4v) is 2.66. The third-order valence-corrected chi connectivity index (χ3v) is 4.18. The minimum absolute atomic E-state index is 0. The highest BCUT2D eigenvalue weighted by molar-refractivity contribution is 5.94. The molecule has 1 aromatic rings. The van der Waals surface area contributed by atoms with Crippen molar-refractivity contribution >= 4 is 30.7 Å². The van der Waals surface area contributed by atoms with Crippen LogP contribution in [-0.4, -0.2) is 41.5 Å². The predicted octanol–water partition coefficient (Wildman–Crippen LogP) is 2.67. The van der Waals surface area contributed by atoms with E-state index < -0.39 is 5.82 Å². The number of hydrogen-bond acceptors (Lipinski definition) is 3. The molecule has 1 aromatic heterocycles. The summed E-state index contributed by atoms with van der Waals surface area (Å²) in [4.78, 5) is 17.7. The lowest BCUT2D eigenvalue weighted by atomic mass is 10.0. The van der Waals surface area contributed by atoms with Gasteiger partial charge in [-0.3, -0.25) is 9.78 Å². The Morgan fingerprint density at radius 1 is 1.27 bits per heavy atom. The van der Waals surface area contributed by atoms with Gasteiger partial charge in [-0.15, -0.1) is 24.8 Å². The van der Waals surface area contributed by atoms with Crippen LogP contribution in [0.2, 0.25) is 0 Å². The lowest BCUT2D eigenvalue weighted by Gasteiger charge is -2.32. The molecule has 0 spiro atoms. The van der Waals surface area contributed by atoms with Crippen LogP contribution in [0.25, 0.3) is 0 Å². The van der Waals surface area contributed by atoms with E-state index in [0.717, 1.165) is 31.5 Å². The fourth-order valence-electron chi connectivity index (χ4n) is 2.66. The highest BCUT2D eigenvalue weighted by Crippen LogP contribution is 2.28. The summed E-state index contributed by atoms with van der Waals surface area (Å²) in [5, 5.41) is 3.57. The van der Waals surface area contributed by atoms with Crippen molar-refractivity contribution in [2.75, 3.05) is 19.6 Å². The van der Waals surface area contributed by atoms with E-state index in [1.807, 2.05) is 0 Å². The zero-order chi connectivity index (χ0) is 13.9. The van der Waals surface area contributed by atoms with Crippen LogP contribution in [0.5, 0.6) is 0 Å². The van der Waals surface area contributed by atoms with Crippen molar-refractivity contribution in [1.29, 1.82) is 0 Å². The van der Waals surface area contributed by atoms with Gasteiger partial charge in [0.1, 0.15) is 0 Å². The first-order valence-electron chi connectivity index (χ1n) is 7.36. The van der Waals surface area contributed by atoms with E-state index in [2.05, 4.69) is 10.3 Å². The maximum absolute atomic E-state index is 13.6. The molecule has 2 aliphatic rings. The molecule has 1 saturated carbocycles. The largest absolute Gasteiger partial charge is 0.338 e. The van der Waals surface area contributed by atoms with Crippen molar-refractivity contribution in [3.63, 3.8) is 0 Å². The van der Waals surface area contributed by atoms with E-state index in [0.29, 0.717) is 19.1 Å². The van der Waals surface area contributed by atoms with Gasteiger partial charge in [-0.2, -0.15) is 0 Å². The highest BCUT2D eigenvalue weighted by atomic mass is 35.5. The number of carbonyl (C=O) groups excluding carboxylic acids is 1. The number of hydrogen-bond donors (Lipinski definition) is 1. The Kier molecular flexibility index (Phi) is 7.53. The summed E-state index contributed by atoms with van der Waals surface area (Å²) in [6, 6.07) is 1.96. The molecule has 3 rings (SSSR count). The maximum atomic E-state index is 13.6. The van der Waals surface area contributed by atoms with Crippen molar-refractivity contribution in [3.05, 3.63) is 29.8 Å². The quantitative estimate of drug-likeness (QED) is 0.908. The second-order valence-corrected chi connectivity index (χ2v) is 5.77. The number of likely N-dealkylation sites (tertiary alicyclic amines) is 1. The lowest BCUT2D eigenvalue weighted by molar-refractivity contribution is 0.0700. The van der Waals surface area contributed by atoms with E-state index in [1.54, 1.807) is 4.90 Å². The van der Waals surface area contributed by atoms with Crippen molar-refractivity contribution in [1.82, 2.24) is 15.2 Å². The van der Waals surface area contributed by atoms with Gasteiger partial charge in [0.2, 0.25) is 0 Å². The SMILES string of the molecule is Cl.Cl.O=C(c1ccncc1F)N1CCC(NCC2CC2)CC1. The zero-order valence-electron chi connectivity index (χ0n) is 12.3. The first-order chi connectivity index (χ1) is 9.74. The fraction of sp³-hybridized carbons (Fsp3) is 0.600. The molecule has 2 heterocycles. The minimum Gasteiger partial charge on any atom is -0.338 e. The molecule has 4 nitrogen and oxygen atoms in total. The van der Waals surface area contributed by atoms with Gasteiger partial charge in [0.25, 0.3) is 5.91 Å². The Hall–Kier alpha value is -0.910. The van der Waals surface area contributed by atoms with Crippen LogP contribution in [0.3, 0.4) is 0 Å². The molecule has 124 valence electrons. The van der Waals surface area contributed by atoms with E-state index in [9.17, 15) is 9.18 Å². The molecular formula is C15H22Cl2FN3O. The van der Waals surface area contributed by atoms with Crippen molar-refractivity contribution in [3.8, 4) is 0 Å². The Morgan fingerprint density at radius 2 is 1.95 bits per heavy atom. The van der Waals surface area contributed by atoms with E-state index in [4.69, 9.17) is 0 Å². The topological polar surface area (TPSA) is 45.2 Å². The summed E-state index contributed by atoms with van der Waals surface area (Å²) < 4.78 is 13.6. The number of aromatic nitrogens is 1. The van der Waals surface area contributed by atoms with Gasteiger partial charge in [0.15, 0.2) is 5.82 Å². The van der Waals surface area contributed by atoms with Crippen LogP contribution >= 0.6 is 24.8 Å². The Labute approximate surface area is 142 Å². The highest BCUT2D eigenvalue weighted by Gasteiger charge is 2.27. The van der Waals surface area contributed by atoms with E-state index in [-0.39, 0.29) is 36.3 Å². The standard InChI is InChI=1S/C15H20FN3O.2ClH/c16-14-10-17-6-3-13(14)15(20)19-7-4-12(5-8-19)18-9-11-1-2-11;;/h3,6,10-12,18H,1-2,4-5,7-9H2;2*1H. The average Bonchev–Trinajstić information content (AvgIpc) is 3.30. The number of nitrogens with zero attached hydrogens (tertiary/aromatic N) is 2. The molecular weight excluding hydrogens is 328 g/mol. The molecule has 0 radical (unpaired) electrons. The number of nitrogens with one attached hydrogen (secondary N) is 1. The predicted molar refractivity (Wildman–Crippen MR) is 88.3 cm³/mol. The molecule has 7 heteroatoms. The number of piperidine rings is 1. The van der Waals surface area contributed by atoms with E-state index >= 15 is 0 Å². The van der Waals surface area contributed by atoms with Gasteiger partial charge in [-0.1, -0.05) is 0 Å².